The first-order chi connectivity index (χ1) is 7.88. The molecule has 94 valence electrons. The number of fused-ring (bicyclic) bond motifs is 1. The quantitative estimate of drug-likeness (QED) is 0.756. The lowest BCUT2D eigenvalue weighted by molar-refractivity contribution is -0.140. The molecule has 1 aliphatic rings. The molecule has 1 aromatic rings. The van der Waals surface area contributed by atoms with Gasteiger partial charge < -0.3 is 10.6 Å². The first kappa shape index (κ1) is 12.2. The zero-order valence-corrected chi connectivity index (χ0v) is 9.51. The lowest BCUT2D eigenvalue weighted by atomic mass is 10.1. The van der Waals surface area contributed by atoms with Gasteiger partial charge in [-0.25, -0.2) is 4.98 Å². The van der Waals surface area contributed by atoms with Crippen molar-refractivity contribution in [2.75, 3.05) is 25.9 Å². The van der Waals surface area contributed by atoms with Crippen molar-refractivity contribution in [2.45, 2.75) is 19.0 Å². The van der Waals surface area contributed by atoms with Gasteiger partial charge in [0.15, 0.2) is 5.69 Å². The summed E-state index contributed by atoms with van der Waals surface area (Å²) < 4.78 is 37.9. The number of nitrogen functional groups attached to an aromatic ring is 1. The fourth-order valence-electron chi connectivity index (χ4n) is 1.99. The molecule has 0 radical (unpaired) electrons. The van der Waals surface area contributed by atoms with Crippen molar-refractivity contribution < 1.29 is 13.2 Å². The summed E-state index contributed by atoms with van der Waals surface area (Å²) in [5, 5.41) is 0. The summed E-state index contributed by atoms with van der Waals surface area (Å²) in [6, 6.07) is 1.42. The average molecular weight is 245 g/mol. The van der Waals surface area contributed by atoms with Gasteiger partial charge in [0.2, 0.25) is 0 Å². The largest absolute Gasteiger partial charge is 0.435 e. The van der Waals surface area contributed by atoms with Gasteiger partial charge in [-0.05, 0) is 25.1 Å². The highest BCUT2D eigenvalue weighted by Crippen LogP contribution is 2.33. The summed E-state index contributed by atoms with van der Waals surface area (Å²) in [5.41, 5.74) is 5.54. The van der Waals surface area contributed by atoms with Gasteiger partial charge in [-0.1, -0.05) is 0 Å². The minimum atomic E-state index is -4.47. The van der Waals surface area contributed by atoms with E-state index in [9.17, 15) is 13.2 Å². The van der Waals surface area contributed by atoms with Crippen LogP contribution in [-0.4, -0.2) is 30.0 Å². The maximum absolute atomic E-state index is 12.6. The summed E-state index contributed by atoms with van der Waals surface area (Å²) in [4.78, 5) is 5.78. The molecular weight excluding hydrogens is 231 g/mol. The summed E-state index contributed by atoms with van der Waals surface area (Å²) >= 11 is 0. The molecule has 2 rings (SSSR count). The lowest BCUT2D eigenvalue weighted by Gasteiger charge is -2.12. The monoisotopic (exact) mass is 245 g/mol. The van der Waals surface area contributed by atoms with Crippen molar-refractivity contribution in [3.8, 4) is 0 Å². The van der Waals surface area contributed by atoms with Crippen LogP contribution in [0, 0.1) is 0 Å². The third-order valence-electron chi connectivity index (χ3n) is 2.98. The van der Waals surface area contributed by atoms with Crippen LogP contribution >= 0.6 is 0 Å². The topological polar surface area (TPSA) is 42.1 Å². The Morgan fingerprint density at radius 3 is 2.59 bits per heavy atom. The number of halogens is 3. The van der Waals surface area contributed by atoms with E-state index in [0.717, 1.165) is 18.7 Å². The van der Waals surface area contributed by atoms with Crippen molar-refractivity contribution in [1.82, 2.24) is 9.88 Å². The van der Waals surface area contributed by atoms with Crippen LogP contribution in [0.25, 0.3) is 0 Å². The zero-order chi connectivity index (χ0) is 12.6. The van der Waals surface area contributed by atoms with E-state index in [1.54, 1.807) is 0 Å². The van der Waals surface area contributed by atoms with Crippen molar-refractivity contribution >= 4 is 5.69 Å². The molecule has 0 fully saturated rings. The molecule has 0 aliphatic carbocycles. The number of nitrogens with zero attached hydrogens (tertiary/aromatic N) is 2. The normalized spacial score (nSPS) is 17.6. The summed E-state index contributed by atoms with van der Waals surface area (Å²) in [7, 11) is 1.94. The van der Waals surface area contributed by atoms with Crippen LogP contribution in [0.3, 0.4) is 0 Å². The van der Waals surface area contributed by atoms with Gasteiger partial charge in [-0.15, -0.1) is 0 Å². The number of aromatic nitrogens is 1. The Morgan fingerprint density at radius 2 is 1.94 bits per heavy atom. The van der Waals surface area contributed by atoms with Crippen LogP contribution in [-0.2, 0) is 19.0 Å². The van der Waals surface area contributed by atoms with Crippen LogP contribution in [0.15, 0.2) is 6.07 Å². The molecule has 0 saturated heterocycles. The molecule has 0 bridgehead atoms. The fourth-order valence-corrected chi connectivity index (χ4v) is 1.99. The first-order valence-electron chi connectivity index (χ1n) is 5.42. The Balaban J connectivity index is 2.43. The number of alkyl halides is 3. The number of hydrogen-bond acceptors (Lipinski definition) is 3. The molecule has 17 heavy (non-hydrogen) atoms. The van der Waals surface area contributed by atoms with Gasteiger partial charge in [0.05, 0.1) is 5.69 Å². The SMILES string of the molecule is CN1CCc2cc(N)c(C(F)(F)F)nc2CC1. The third-order valence-corrected chi connectivity index (χ3v) is 2.98. The van der Waals surface area contributed by atoms with Crippen LogP contribution < -0.4 is 5.73 Å². The molecule has 0 spiro atoms. The third kappa shape index (κ3) is 2.52. The maximum atomic E-state index is 12.6. The minimum absolute atomic E-state index is 0.277. The Bertz CT molecular complexity index is 429. The molecule has 2 N–H and O–H groups in total. The fraction of sp³-hybridized carbons (Fsp3) is 0.545. The number of pyridine rings is 1. The second-order valence-corrected chi connectivity index (χ2v) is 4.33. The van der Waals surface area contributed by atoms with E-state index in [-0.39, 0.29) is 5.69 Å². The Hall–Kier alpha value is -1.30. The Kier molecular flexibility index (Phi) is 2.99. The highest BCUT2D eigenvalue weighted by atomic mass is 19.4. The minimum Gasteiger partial charge on any atom is -0.397 e. The van der Waals surface area contributed by atoms with E-state index in [2.05, 4.69) is 9.88 Å². The predicted molar refractivity (Wildman–Crippen MR) is 58.6 cm³/mol. The molecule has 1 aromatic heterocycles. The van der Waals surface area contributed by atoms with Gasteiger partial charge in [-0.3, -0.25) is 0 Å². The number of nitrogens with two attached hydrogens (primary N) is 1. The predicted octanol–water partition coefficient (Wildman–Crippen LogP) is 1.71. The lowest BCUT2D eigenvalue weighted by Crippen LogP contribution is -2.20. The van der Waals surface area contributed by atoms with Crippen molar-refractivity contribution in [2.24, 2.45) is 0 Å². The molecule has 2 heterocycles. The van der Waals surface area contributed by atoms with Crippen LogP contribution in [0.5, 0.6) is 0 Å². The summed E-state index contributed by atoms with van der Waals surface area (Å²) in [5.74, 6) is 0. The molecule has 0 saturated carbocycles. The molecule has 3 nitrogen and oxygen atoms in total. The van der Waals surface area contributed by atoms with E-state index in [1.807, 2.05) is 7.05 Å². The molecule has 6 heteroatoms. The van der Waals surface area contributed by atoms with Gasteiger partial charge in [0, 0.05) is 25.2 Å². The highest BCUT2D eigenvalue weighted by molar-refractivity contribution is 5.48. The standard InChI is InChI=1S/C11H14F3N3/c1-17-4-2-7-6-8(15)10(11(12,13)14)16-9(7)3-5-17/h6H,2-5,15H2,1H3. The molecule has 0 amide bonds. The van der Waals surface area contributed by atoms with Gasteiger partial charge in [0.1, 0.15) is 0 Å². The van der Waals surface area contributed by atoms with Gasteiger partial charge in [-0.2, -0.15) is 13.2 Å². The molecule has 0 aromatic carbocycles. The van der Waals surface area contributed by atoms with Gasteiger partial charge in [0.25, 0.3) is 0 Å². The first-order valence-corrected chi connectivity index (χ1v) is 5.42. The Labute approximate surface area is 97.4 Å². The average Bonchev–Trinajstić information content (AvgIpc) is 2.39. The smallest absolute Gasteiger partial charge is 0.397 e. The number of hydrogen-bond donors (Lipinski definition) is 1. The molecule has 0 atom stereocenters. The summed E-state index contributed by atoms with van der Waals surface area (Å²) in [6.07, 6.45) is -3.24. The van der Waals surface area contributed by atoms with Crippen molar-refractivity contribution in [3.05, 3.63) is 23.0 Å². The van der Waals surface area contributed by atoms with E-state index < -0.39 is 11.9 Å². The van der Waals surface area contributed by atoms with Crippen molar-refractivity contribution in [1.29, 1.82) is 0 Å². The maximum Gasteiger partial charge on any atom is 0.435 e. The number of likely N-dealkylation sites (N-methyl/N-ethyl adjacent to an activating group) is 1. The van der Waals surface area contributed by atoms with Crippen LogP contribution in [0.1, 0.15) is 17.0 Å². The molecule has 1 aliphatic heterocycles. The van der Waals surface area contributed by atoms with E-state index in [0.29, 0.717) is 18.5 Å². The van der Waals surface area contributed by atoms with E-state index in [4.69, 9.17) is 5.73 Å². The number of anilines is 1. The number of rotatable bonds is 0. The summed E-state index contributed by atoms with van der Waals surface area (Å²) in [6.45, 7) is 1.54. The highest BCUT2D eigenvalue weighted by Gasteiger charge is 2.36. The second-order valence-electron chi connectivity index (χ2n) is 4.33. The van der Waals surface area contributed by atoms with Gasteiger partial charge >= 0.3 is 6.18 Å². The van der Waals surface area contributed by atoms with Crippen molar-refractivity contribution in [3.63, 3.8) is 0 Å². The molecule has 0 unspecified atom stereocenters. The molecular formula is C11H14F3N3. The van der Waals surface area contributed by atoms with E-state index >= 15 is 0 Å². The van der Waals surface area contributed by atoms with E-state index in [1.165, 1.54) is 6.07 Å². The second kappa shape index (κ2) is 4.18. The van der Waals surface area contributed by atoms with Crippen LogP contribution in [0.4, 0.5) is 18.9 Å². The zero-order valence-electron chi connectivity index (χ0n) is 9.51. The van der Waals surface area contributed by atoms with Crippen LogP contribution in [0.2, 0.25) is 0 Å². The Morgan fingerprint density at radius 1 is 1.29 bits per heavy atom.